The zero-order chi connectivity index (χ0) is 26.0. The van der Waals surface area contributed by atoms with E-state index in [1.165, 1.54) is 18.2 Å². The minimum absolute atomic E-state index is 0.0749. The summed E-state index contributed by atoms with van der Waals surface area (Å²) in [5.74, 6) is -0.228. The maximum absolute atomic E-state index is 13.3. The van der Waals surface area contributed by atoms with Crippen molar-refractivity contribution in [3.05, 3.63) is 35.1 Å². The number of aromatic nitrogens is 3. The number of halogens is 5. The zero-order valence-corrected chi connectivity index (χ0v) is 19.8. The first-order chi connectivity index (χ1) is 16.3. The molecule has 0 bridgehead atoms. The van der Waals surface area contributed by atoms with Gasteiger partial charge in [-0.2, -0.15) is 18.6 Å². The van der Waals surface area contributed by atoms with Crippen molar-refractivity contribution in [2.75, 3.05) is 6.61 Å². The van der Waals surface area contributed by atoms with E-state index >= 15 is 0 Å². The van der Waals surface area contributed by atoms with Gasteiger partial charge in [-0.25, -0.2) is 23.4 Å². The summed E-state index contributed by atoms with van der Waals surface area (Å²) in [7, 11) is 0. The van der Waals surface area contributed by atoms with Crippen LogP contribution < -0.4 is 10.6 Å². The van der Waals surface area contributed by atoms with Gasteiger partial charge in [-0.15, -0.1) is 0 Å². The molecule has 2 N–H and O–H groups in total. The van der Waals surface area contributed by atoms with Crippen molar-refractivity contribution >= 4 is 23.8 Å². The lowest BCUT2D eigenvalue weighted by molar-refractivity contribution is 0.0457. The SMILES string of the molecule is CC(C)(C)OC(=O)NC(COC(=O)NC1(C(F)F)CC1)c1ccc(Cl)c(-c2ncnn2C(F)F)c1. The Hall–Kier alpha value is -3.09. The predicted octanol–water partition coefficient (Wildman–Crippen LogP) is 5.08. The molecule has 0 saturated heterocycles. The van der Waals surface area contributed by atoms with Crippen molar-refractivity contribution in [2.45, 2.75) is 63.8 Å². The van der Waals surface area contributed by atoms with Crippen LogP contribution in [0.3, 0.4) is 0 Å². The van der Waals surface area contributed by atoms with E-state index in [1.807, 2.05) is 0 Å². The number of alkyl carbamates (subject to hydrolysis) is 2. The van der Waals surface area contributed by atoms with Gasteiger partial charge in [0.1, 0.15) is 24.1 Å². The molecule has 1 unspecified atom stereocenters. The molecule has 1 aromatic carbocycles. The van der Waals surface area contributed by atoms with Gasteiger partial charge >= 0.3 is 18.7 Å². The number of nitrogens with one attached hydrogen (secondary N) is 2. The largest absolute Gasteiger partial charge is 0.447 e. The van der Waals surface area contributed by atoms with Gasteiger partial charge in [0.15, 0.2) is 5.82 Å². The molecule has 0 aliphatic heterocycles. The Bertz CT molecular complexity index is 1070. The molecule has 35 heavy (non-hydrogen) atoms. The van der Waals surface area contributed by atoms with Crippen molar-refractivity contribution in [3.8, 4) is 11.4 Å². The van der Waals surface area contributed by atoms with E-state index in [0.29, 0.717) is 10.2 Å². The third-order valence-electron chi connectivity index (χ3n) is 5.02. The van der Waals surface area contributed by atoms with E-state index in [9.17, 15) is 27.2 Å². The van der Waals surface area contributed by atoms with Crippen LogP contribution in [0.4, 0.5) is 27.2 Å². The number of ether oxygens (including phenoxy) is 2. The van der Waals surface area contributed by atoms with Crippen LogP contribution in [0.1, 0.15) is 51.8 Å². The molecule has 0 spiro atoms. The van der Waals surface area contributed by atoms with Crippen molar-refractivity contribution in [2.24, 2.45) is 0 Å². The van der Waals surface area contributed by atoms with Crippen molar-refractivity contribution in [3.63, 3.8) is 0 Å². The highest BCUT2D eigenvalue weighted by molar-refractivity contribution is 6.33. The average Bonchev–Trinajstić information content (AvgIpc) is 3.35. The first-order valence-electron chi connectivity index (χ1n) is 10.5. The Balaban J connectivity index is 1.84. The molecule has 1 atom stereocenters. The van der Waals surface area contributed by atoms with Gasteiger partial charge in [-0.3, -0.25) is 0 Å². The van der Waals surface area contributed by atoms with Gasteiger partial charge in [0.2, 0.25) is 0 Å². The van der Waals surface area contributed by atoms with E-state index in [1.54, 1.807) is 20.8 Å². The topological polar surface area (TPSA) is 107 Å². The lowest BCUT2D eigenvalue weighted by Gasteiger charge is -2.24. The maximum atomic E-state index is 13.3. The molecule has 1 heterocycles. The first kappa shape index (κ1) is 26.5. The van der Waals surface area contributed by atoms with Crippen LogP contribution >= 0.6 is 11.6 Å². The van der Waals surface area contributed by atoms with Crippen LogP contribution in [0.5, 0.6) is 0 Å². The average molecular weight is 522 g/mol. The summed E-state index contributed by atoms with van der Waals surface area (Å²) in [6, 6.07) is 3.18. The van der Waals surface area contributed by atoms with Gasteiger partial charge in [-0.05, 0) is 51.3 Å². The zero-order valence-electron chi connectivity index (χ0n) is 19.0. The molecule has 14 heteroatoms. The van der Waals surface area contributed by atoms with E-state index in [-0.39, 0.29) is 29.3 Å². The fourth-order valence-corrected chi connectivity index (χ4v) is 3.32. The van der Waals surface area contributed by atoms with E-state index in [2.05, 4.69) is 20.7 Å². The highest BCUT2D eigenvalue weighted by Crippen LogP contribution is 2.41. The molecule has 1 fully saturated rings. The van der Waals surface area contributed by atoms with E-state index in [0.717, 1.165) is 6.33 Å². The molecule has 192 valence electrons. The number of amides is 2. The molecule has 9 nitrogen and oxygen atoms in total. The Morgan fingerprint density at radius 3 is 2.46 bits per heavy atom. The standard InChI is InChI=1S/C21H24ClF4N5O4/c1-20(2,3)35-18(32)29-14(9-34-19(33)30-21(6-7-21)16(23)24)11-4-5-13(22)12(8-11)15-27-10-28-31(15)17(25)26/h4-5,8,10,14,16-17H,6-7,9H2,1-3H3,(H,29,32)(H,30,33). The smallest absolute Gasteiger partial charge is 0.408 e. The van der Waals surface area contributed by atoms with Gasteiger partial charge in [0.05, 0.1) is 11.1 Å². The van der Waals surface area contributed by atoms with Crippen LogP contribution in [0, 0.1) is 0 Å². The molecular formula is C21H24ClF4N5O4. The van der Waals surface area contributed by atoms with Crippen LogP contribution in [-0.4, -0.2) is 51.1 Å². The molecular weight excluding hydrogens is 498 g/mol. The molecule has 2 aromatic rings. The monoisotopic (exact) mass is 521 g/mol. The summed E-state index contributed by atoms with van der Waals surface area (Å²) in [6.45, 7) is 1.46. The number of nitrogens with zero attached hydrogens (tertiary/aromatic N) is 3. The molecule has 1 aliphatic rings. The maximum Gasteiger partial charge on any atom is 0.408 e. The van der Waals surface area contributed by atoms with E-state index < -0.39 is 49.0 Å². The van der Waals surface area contributed by atoms with E-state index in [4.69, 9.17) is 21.1 Å². The van der Waals surface area contributed by atoms with Gasteiger partial charge in [0, 0.05) is 5.56 Å². The van der Waals surface area contributed by atoms with Crippen molar-refractivity contribution in [1.29, 1.82) is 0 Å². The Morgan fingerprint density at radius 1 is 1.20 bits per heavy atom. The molecule has 1 saturated carbocycles. The number of hydrogen-bond donors (Lipinski definition) is 2. The Labute approximate surface area is 203 Å². The minimum atomic E-state index is -2.99. The highest BCUT2D eigenvalue weighted by Gasteiger charge is 2.52. The van der Waals surface area contributed by atoms with Crippen molar-refractivity contribution in [1.82, 2.24) is 25.4 Å². The summed E-state index contributed by atoms with van der Waals surface area (Å²) in [5.41, 5.74) is -2.09. The fraction of sp³-hybridized carbons (Fsp3) is 0.524. The van der Waals surface area contributed by atoms with Gasteiger partial charge in [-0.1, -0.05) is 17.7 Å². The number of rotatable bonds is 8. The molecule has 1 aliphatic carbocycles. The predicted molar refractivity (Wildman–Crippen MR) is 116 cm³/mol. The third-order valence-corrected chi connectivity index (χ3v) is 5.35. The summed E-state index contributed by atoms with van der Waals surface area (Å²) in [6.07, 6.45) is -3.53. The Kier molecular flexibility index (Phi) is 7.77. The van der Waals surface area contributed by atoms with Crippen molar-refractivity contribution < 1.29 is 36.6 Å². The van der Waals surface area contributed by atoms with Crippen LogP contribution in [0.15, 0.2) is 24.5 Å². The van der Waals surface area contributed by atoms with Crippen LogP contribution in [0.2, 0.25) is 5.02 Å². The quantitative estimate of drug-likeness (QED) is 0.469. The number of hydrogen-bond acceptors (Lipinski definition) is 6. The third kappa shape index (κ3) is 6.74. The summed E-state index contributed by atoms with van der Waals surface area (Å²) in [5, 5.41) is 8.23. The van der Waals surface area contributed by atoms with Crippen LogP contribution in [-0.2, 0) is 9.47 Å². The second kappa shape index (κ2) is 10.3. The molecule has 3 rings (SSSR count). The minimum Gasteiger partial charge on any atom is -0.447 e. The highest BCUT2D eigenvalue weighted by atomic mass is 35.5. The Morgan fingerprint density at radius 2 is 1.89 bits per heavy atom. The summed E-state index contributed by atoms with van der Waals surface area (Å²) in [4.78, 5) is 28.4. The first-order valence-corrected chi connectivity index (χ1v) is 10.9. The number of alkyl halides is 4. The fourth-order valence-electron chi connectivity index (χ4n) is 3.12. The second-order valence-electron chi connectivity index (χ2n) is 8.92. The molecule has 2 amide bonds. The number of carbonyl (C=O) groups excluding carboxylic acids is 2. The normalized spacial score (nSPS) is 15.6. The molecule has 1 aromatic heterocycles. The van der Waals surface area contributed by atoms with Crippen LogP contribution in [0.25, 0.3) is 11.4 Å². The molecule has 0 radical (unpaired) electrons. The summed E-state index contributed by atoms with van der Waals surface area (Å²) < 4.78 is 63.5. The van der Waals surface area contributed by atoms with Gasteiger partial charge < -0.3 is 20.1 Å². The lowest BCUT2D eigenvalue weighted by Crippen LogP contribution is -2.43. The van der Waals surface area contributed by atoms with Gasteiger partial charge in [0.25, 0.3) is 6.43 Å². The number of benzene rings is 1. The summed E-state index contributed by atoms with van der Waals surface area (Å²) >= 11 is 6.19. The second-order valence-corrected chi connectivity index (χ2v) is 9.33. The number of carbonyl (C=O) groups is 2. The lowest BCUT2D eigenvalue weighted by atomic mass is 10.0.